The van der Waals surface area contributed by atoms with Crippen molar-refractivity contribution in [1.29, 1.82) is 0 Å². The van der Waals surface area contributed by atoms with E-state index in [9.17, 15) is 9.59 Å². The Morgan fingerprint density at radius 2 is 2.19 bits per heavy atom. The van der Waals surface area contributed by atoms with Crippen LogP contribution in [0.4, 0.5) is 10.5 Å². The molecule has 0 radical (unpaired) electrons. The standard InChI is InChI=1S/C13H13BrN4O3/c1-18-7-8(6-16-18)5-15-13(21)17-11-9(12(19)20)3-2-4-10(11)14/h2-4,6-7H,5H2,1H3,(H,19,20)(H2,15,17,21). The maximum Gasteiger partial charge on any atom is 0.337 e. The summed E-state index contributed by atoms with van der Waals surface area (Å²) in [6.07, 6.45) is 3.42. The summed E-state index contributed by atoms with van der Waals surface area (Å²) in [4.78, 5) is 23.0. The number of aryl methyl sites for hydroxylation is 1. The summed E-state index contributed by atoms with van der Waals surface area (Å²) in [6, 6.07) is 4.17. The molecule has 3 N–H and O–H groups in total. The molecule has 2 amide bonds. The van der Waals surface area contributed by atoms with Gasteiger partial charge in [0, 0.05) is 29.8 Å². The van der Waals surface area contributed by atoms with E-state index in [4.69, 9.17) is 5.11 Å². The van der Waals surface area contributed by atoms with Gasteiger partial charge in [0.05, 0.1) is 17.4 Å². The highest BCUT2D eigenvalue weighted by Crippen LogP contribution is 2.26. The van der Waals surface area contributed by atoms with E-state index in [2.05, 4.69) is 31.7 Å². The topological polar surface area (TPSA) is 96.2 Å². The van der Waals surface area contributed by atoms with Gasteiger partial charge in [0.15, 0.2) is 0 Å². The summed E-state index contributed by atoms with van der Waals surface area (Å²) >= 11 is 3.22. The minimum Gasteiger partial charge on any atom is -0.478 e. The zero-order valence-corrected chi connectivity index (χ0v) is 12.7. The van der Waals surface area contributed by atoms with Crippen LogP contribution in [0.3, 0.4) is 0 Å². The van der Waals surface area contributed by atoms with E-state index in [1.165, 1.54) is 6.07 Å². The lowest BCUT2D eigenvalue weighted by atomic mass is 10.2. The fourth-order valence-corrected chi connectivity index (χ4v) is 2.20. The van der Waals surface area contributed by atoms with Crippen molar-refractivity contribution < 1.29 is 14.7 Å². The molecule has 1 aromatic heterocycles. The monoisotopic (exact) mass is 352 g/mol. The van der Waals surface area contributed by atoms with Crippen molar-refractivity contribution in [3.63, 3.8) is 0 Å². The Hall–Kier alpha value is -2.35. The molecule has 0 fully saturated rings. The Morgan fingerprint density at radius 3 is 2.81 bits per heavy atom. The molecule has 0 unspecified atom stereocenters. The van der Waals surface area contributed by atoms with Crippen LogP contribution in [0.25, 0.3) is 0 Å². The van der Waals surface area contributed by atoms with Crippen molar-refractivity contribution in [2.24, 2.45) is 7.05 Å². The van der Waals surface area contributed by atoms with Gasteiger partial charge in [-0.1, -0.05) is 6.07 Å². The van der Waals surface area contributed by atoms with Crippen molar-refractivity contribution in [1.82, 2.24) is 15.1 Å². The van der Waals surface area contributed by atoms with Crippen LogP contribution in [0, 0.1) is 0 Å². The Kier molecular flexibility index (Phi) is 4.59. The average Bonchev–Trinajstić information content (AvgIpc) is 2.84. The van der Waals surface area contributed by atoms with Gasteiger partial charge in [-0.3, -0.25) is 4.68 Å². The molecule has 0 aliphatic heterocycles. The largest absolute Gasteiger partial charge is 0.478 e. The van der Waals surface area contributed by atoms with E-state index < -0.39 is 12.0 Å². The number of benzene rings is 1. The predicted octanol–water partition coefficient (Wildman–Crippen LogP) is 2.20. The minimum absolute atomic E-state index is 0.0147. The minimum atomic E-state index is -1.11. The molecular formula is C13H13BrN4O3. The third kappa shape index (κ3) is 3.82. The van der Waals surface area contributed by atoms with Crippen LogP contribution in [0.2, 0.25) is 0 Å². The number of hydrogen-bond donors (Lipinski definition) is 3. The first-order valence-corrected chi connectivity index (χ1v) is 6.81. The number of carboxylic acids is 1. The fraction of sp³-hybridized carbons (Fsp3) is 0.154. The number of anilines is 1. The van der Waals surface area contributed by atoms with Gasteiger partial charge in [-0.25, -0.2) is 9.59 Å². The molecule has 2 rings (SSSR count). The number of carbonyl (C=O) groups excluding carboxylic acids is 1. The number of halogens is 1. The van der Waals surface area contributed by atoms with Gasteiger partial charge in [-0.2, -0.15) is 5.10 Å². The molecule has 0 aliphatic carbocycles. The molecule has 2 aromatic rings. The Morgan fingerprint density at radius 1 is 1.43 bits per heavy atom. The van der Waals surface area contributed by atoms with Crippen molar-refractivity contribution in [3.05, 3.63) is 46.2 Å². The van der Waals surface area contributed by atoms with Crippen LogP contribution in [0.5, 0.6) is 0 Å². The molecule has 1 heterocycles. The number of rotatable bonds is 4. The van der Waals surface area contributed by atoms with Crippen molar-refractivity contribution in [3.8, 4) is 0 Å². The average molecular weight is 353 g/mol. The highest BCUT2D eigenvalue weighted by molar-refractivity contribution is 9.10. The van der Waals surface area contributed by atoms with Gasteiger partial charge in [0.25, 0.3) is 0 Å². The first-order valence-electron chi connectivity index (χ1n) is 6.01. The molecule has 0 spiro atoms. The number of aromatic nitrogens is 2. The third-order valence-electron chi connectivity index (χ3n) is 2.69. The van der Waals surface area contributed by atoms with Gasteiger partial charge < -0.3 is 15.7 Å². The molecular weight excluding hydrogens is 340 g/mol. The molecule has 110 valence electrons. The van der Waals surface area contributed by atoms with Crippen molar-refractivity contribution in [2.45, 2.75) is 6.54 Å². The number of aromatic carboxylic acids is 1. The number of para-hydroxylation sites is 1. The molecule has 0 atom stereocenters. The van der Waals surface area contributed by atoms with E-state index >= 15 is 0 Å². The van der Waals surface area contributed by atoms with Crippen LogP contribution in [-0.2, 0) is 13.6 Å². The normalized spacial score (nSPS) is 10.2. The molecule has 7 nitrogen and oxygen atoms in total. The Balaban J connectivity index is 2.04. The first kappa shape index (κ1) is 15.0. The maximum absolute atomic E-state index is 11.9. The molecule has 0 bridgehead atoms. The second-order valence-electron chi connectivity index (χ2n) is 4.30. The number of nitrogens with one attached hydrogen (secondary N) is 2. The predicted molar refractivity (Wildman–Crippen MR) is 80.2 cm³/mol. The number of amides is 2. The second kappa shape index (κ2) is 6.40. The fourth-order valence-electron chi connectivity index (χ4n) is 1.73. The van der Waals surface area contributed by atoms with Gasteiger partial charge in [0.1, 0.15) is 0 Å². The summed E-state index contributed by atoms with van der Waals surface area (Å²) in [6.45, 7) is 0.298. The summed E-state index contributed by atoms with van der Waals surface area (Å²) in [7, 11) is 1.78. The molecule has 0 saturated heterocycles. The van der Waals surface area contributed by atoms with E-state index in [0.717, 1.165) is 5.56 Å². The van der Waals surface area contributed by atoms with Gasteiger partial charge >= 0.3 is 12.0 Å². The molecule has 21 heavy (non-hydrogen) atoms. The van der Waals surface area contributed by atoms with Gasteiger partial charge in [0.2, 0.25) is 0 Å². The van der Waals surface area contributed by atoms with E-state index in [-0.39, 0.29) is 11.3 Å². The Bertz CT molecular complexity index is 684. The van der Waals surface area contributed by atoms with Crippen LogP contribution >= 0.6 is 15.9 Å². The number of carboxylic acid groups (broad SMARTS) is 1. The van der Waals surface area contributed by atoms with Crippen molar-refractivity contribution in [2.75, 3.05) is 5.32 Å². The lowest BCUT2D eigenvalue weighted by Gasteiger charge is -2.11. The smallest absolute Gasteiger partial charge is 0.337 e. The third-order valence-corrected chi connectivity index (χ3v) is 3.35. The molecule has 0 aliphatic rings. The molecule has 1 aromatic carbocycles. The highest BCUT2D eigenvalue weighted by Gasteiger charge is 2.15. The summed E-state index contributed by atoms with van der Waals surface area (Å²) in [5.74, 6) is -1.11. The number of nitrogens with zero attached hydrogens (tertiary/aromatic N) is 2. The van der Waals surface area contributed by atoms with Gasteiger partial charge in [-0.15, -0.1) is 0 Å². The zero-order valence-electron chi connectivity index (χ0n) is 11.1. The van der Waals surface area contributed by atoms with Crippen LogP contribution < -0.4 is 10.6 Å². The highest BCUT2D eigenvalue weighted by atomic mass is 79.9. The summed E-state index contributed by atoms with van der Waals surface area (Å²) in [5.41, 5.74) is 1.08. The Labute approximate surface area is 129 Å². The van der Waals surface area contributed by atoms with Crippen molar-refractivity contribution >= 4 is 33.6 Å². The van der Waals surface area contributed by atoms with E-state index in [1.807, 2.05) is 0 Å². The molecule has 8 heteroatoms. The number of carbonyl (C=O) groups is 2. The van der Waals surface area contributed by atoms with Crippen LogP contribution in [-0.4, -0.2) is 26.9 Å². The SMILES string of the molecule is Cn1cc(CNC(=O)Nc2c(Br)cccc2C(=O)O)cn1. The van der Waals surface area contributed by atoms with Gasteiger partial charge in [-0.05, 0) is 28.1 Å². The first-order chi connectivity index (χ1) is 9.97. The van der Waals surface area contributed by atoms with E-state index in [1.54, 1.807) is 36.3 Å². The zero-order chi connectivity index (χ0) is 15.4. The lowest BCUT2D eigenvalue weighted by molar-refractivity contribution is 0.0698. The second-order valence-corrected chi connectivity index (χ2v) is 5.15. The molecule has 0 saturated carbocycles. The summed E-state index contributed by atoms with van der Waals surface area (Å²) in [5, 5.41) is 18.3. The maximum atomic E-state index is 11.9. The van der Waals surface area contributed by atoms with E-state index in [0.29, 0.717) is 11.0 Å². The lowest BCUT2D eigenvalue weighted by Crippen LogP contribution is -2.29. The number of hydrogen-bond acceptors (Lipinski definition) is 3. The van der Waals surface area contributed by atoms with Crippen LogP contribution in [0.15, 0.2) is 35.1 Å². The summed E-state index contributed by atoms with van der Waals surface area (Å²) < 4.78 is 2.13. The quantitative estimate of drug-likeness (QED) is 0.785. The number of urea groups is 1. The van der Waals surface area contributed by atoms with Crippen LogP contribution in [0.1, 0.15) is 15.9 Å².